The summed E-state index contributed by atoms with van der Waals surface area (Å²) in [4.78, 5) is 17.0. The van der Waals surface area contributed by atoms with Crippen molar-refractivity contribution < 1.29 is 13.4 Å². The van der Waals surface area contributed by atoms with Crippen molar-refractivity contribution in [1.82, 2.24) is 4.98 Å². The van der Waals surface area contributed by atoms with Crippen molar-refractivity contribution in [1.29, 1.82) is 0 Å². The van der Waals surface area contributed by atoms with Gasteiger partial charge in [0.2, 0.25) is 0 Å². The summed E-state index contributed by atoms with van der Waals surface area (Å²) in [6.07, 6.45) is 5.83. The predicted molar refractivity (Wildman–Crippen MR) is 88.3 cm³/mol. The van der Waals surface area contributed by atoms with Gasteiger partial charge in [-0.25, -0.2) is 4.39 Å². The number of pyridine rings is 1. The normalized spacial score (nSPS) is 30.3. The molecule has 2 aliphatic heterocycles. The van der Waals surface area contributed by atoms with Crippen LogP contribution in [0.3, 0.4) is 0 Å². The molecule has 0 N–H and O–H groups in total. The van der Waals surface area contributed by atoms with Gasteiger partial charge in [-0.3, -0.25) is 14.0 Å². The van der Waals surface area contributed by atoms with E-state index in [0.717, 1.165) is 24.6 Å². The lowest BCUT2D eigenvalue weighted by Crippen LogP contribution is -2.41. The summed E-state index contributed by atoms with van der Waals surface area (Å²) < 4.78 is 26.6. The van der Waals surface area contributed by atoms with Crippen molar-refractivity contribution >= 4 is 27.5 Å². The lowest BCUT2D eigenvalue weighted by atomic mass is 9.84. The molecular weight excluding hydrogens is 313 g/mol. The Bertz CT molecular complexity index is 791. The quantitative estimate of drug-likeness (QED) is 0.789. The number of rotatable bonds is 2. The molecule has 4 rings (SSSR count). The Labute approximate surface area is 136 Å². The second-order valence-electron chi connectivity index (χ2n) is 6.56. The van der Waals surface area contributed by atoms with Gasteiger partial charge in [-0.05, 0) is 37.8 Å². The maximum atomic E-state index is 14.4. The van der Waals surface area contributed by atoms with Gasteiger partial charge in [-0.1, -0.05) is 12.5 Å². The molecule has 2 aliphatic rings. The van der Waals surface area contributed by atoms with E-state index in [9.17, 15) is 13.4 Å². The molecule has 0 spiro atoms. The van der Waals surface area contributed by atoms with Crippen LogP contribution in [-0.2, 0) is 10.8 Å². The predicted octanol–water partition coefficient (Wildman–Crippen LogP) is 3.64. The van der Waals surface area contributed by atoms with Crippen LogP contribution in [0.4, 0.5) is 4.39 Å². The molecule has 3 heterocycles. The number of ketones is 1. The number of aromatic nitrogens is 1. The fourth-order valence-corrected chi connectivity index (χ4v) is 6.14. The fourth-order valence-electron chi connectivity index (χ4n) is 3.95. The third-order valence-electron chi connectivity index (χ3n) is 5.13. The van der Waals surface area contributed by atoms with Crippen molar-refractivity contribution in [3.63, 3.8) is 0 Å². The molecule has 2 saturated heterocycles. The second-order valence-corrected chi connectivity index (χ2v) is 8.55. The maximum Gasteiger partial charge on any atom is 0.168 e. The number of hydrogen-bond donors (Lipinski definition) is 0. The van der Waals surface area contributed by atoms with E-state index in [4.69, 9.17) is 0 Å². The van der Waals surface area contributed by atoms with E-state index in [1.165, 1.54) is 6.07 Å². The summed E-state index contributed by atoms with van der Waals surface area (Å²) in [6, 6.07) is 6.57. The Kier molecular flexibility index (Phi) is 3.76. The van der Waals surface area contributed by atoms with Gasteiger partial charge in [0.05, 0.1) is 11.1 Å². The number of carbonyl (C=O) groups excluding carboxylic acids is 1. The molecule has 0 radical (unpaired) electrons. The minimum atomic E-state index is -0.813. The molecule has 2 unspecified atom stereocenters. The molecule has 120 valence electrons. The van der Waals surface area contributed by atoms with Crippen molar-refractivity contribution in [2.75, 3.05) is 0 Å². The highest BCUT2D eigenvalue weighted by atomic mass is 32.2. The highest BCUT2D eigenvalue weighted by Crippen LogP contribution is 2.38. The lowest BCUT2D eigenvalue weighted by Gasteiger charge is -2.37. The highest BCUT2D eigenvalue weighted by molar-refractivity contribution is 7.86. The topological polar surface area (TPSA) is 47.0 Å². The molecule has 1 aromatic carbocycles. The number of hydrogen-bond acceptors (Lipinski definition) is 3. The summed E-state index contributed by atoms with van der Waals surface area (Å²) in [5.74, 6) is -0.841. The van der Waals surface area contributed by atoms with E-state index in [0.29, 0.717) is 18.4 Å². The van der Waals surface area contributed by atoms with Crippen LogP contribution in [0.25, 0.3) is 10.9 Å². The largest absolute Gasteiger partial charge is 0.294 e. The molecule has 2 aromatic rings. The first-order valence-electron chi connectivity index (χ1n) is 8.11. The van der Waals surface area contributed by atoms with Crippen LogP contribution in [0, 0.1) is 11.7 Å². The van der Waals surface area contributed by atoms with Crippen LogP contribution in [0.2, 0.25) is 0 Å². The van der Waals surface area contributed by atoms with E-state index in [1.807, 2.05) is 6.07 Å². The van der Waals surface area contributed by atoms with Gasteiger partial charge in [0.25, 0.3) is 0 Å². The van der Waals surface area contributed by atoms with E-state index < -0.39 is 16.6 Å². The second kappa shape index (κ2) is 5.78. The summed E-state index contributed by atoms with van der Waals surface area (Å²) in [6.45, 7) is 0. The first-order valence-corrected chi connectivity index (χ1v) is 9.39. The number of nitrogens with zero attached hydrogens (tertiary/aromatic N) is 1. The molecule has 0 saturated carbocycles. The van der Waals surface area contributed by atoms with Crippen LogP contribution in [0.1, 0.15) is 42.5 Å². The van der Waals surface area contributed by atoms with Gasteiger partial charge < -0.3 is 0 Å². The number of fused-ring (bicyclic) bond motifs is 3. The maximum absolute atomic E-state index is 14.4. The zero-order chi connectivity index (χ0) is 16.0. The SMILES string of the molecule is O=C(c1cc2cccnc2cc1F)C1CC2CCCC(C1)S2=O. The Morgan fingerprint density at radius 2 is 1.96 bits per heavy atom. The molecule has 1 aromatic heterocycles. The van der Waals surface area contributed by atoms with Gasteiger partial charge >= 0.3 is 0 Å². The summed E-state index contributed by atoms with van der Waals surface area (Å²) >= 11 is 0. The average Bonchev–Trinajstić information content (AvgIpc) is 2.53. The number of Topliss-reactive ketones (excluding diaryl/α,β-unsaturated/α-hetero) is 1. The van der Waals surface area contributed by atoms with Crippen molar-refractivity contribution in [3.8, 4) is 0 Å². The van der Waals surface area contributed by atoms with Gasteiger partial charge in [-0.2, -0.15) is 0 Å². The third-order valence-corrected chi connectivity index (χ3v) is 7.30. The monoisotopic (exact) mass is 331 g/mol. The van der Waals surface area contributed by atoms with E-state index in [-0.39, 0.29) is 27.8 Å². The molecule has 2 bridgehead atoms. The van der Waals surface area contributed by atoms with Gasteiger partial charge in [0.1, 0.15) is 5.82 Å². The first kappa shape index (κ1) is 14.9. The van der Waals surface area contributed by atoms with Crippen molar-refractivity contribution in [3.05, 3.63) is 41.8 Å². The smallest absolute Gasteiger partial charge is 0.168 e. The Balaban J connectivity index is 1.67. The average molecular weight is 331 g/mol. The summed E-state index contributed by atoms with van der Waals surface area (Å²) in [5.41, 5.74) is 0.712. The Hall–Kier alpha value is -1.62. The van der Waals surface area contributed by atoms with Gasteiger partial charge in [0.15, 0.2) is 5.78 Å². The zero-order valence-corrected chi connectivity index (χ0v) is 13.5. The van der Waals surface area contributed by atoms with Crippen LogP contribution < -0.4 is 0 Å². The molecule has 23 heavy (non-hydrogen) atoms. The molecule has 2 fully saturated rings. The van der Waals surface area contributed by atoms with Gasteiger partial charge in [0, 0.05) is 44.9 Å². The van der Waals surface area contributed by atoms with Crippen molar-refractivity contribution in [2.24, 2.45) is 5.92 Å². The standard InChI is InChI=1S/C18H18FNO2S/c19-16-10-17-11(3-2-6-20-17)9-15(16)18(21)12-7-13-4-1-5-14(8-12)23(13)22/h2-3,6,9-10,12-14H,1,4-5,7-8H2. The van der Waals surface area contributed by atoms with Crippen LogP contribution in [-0.4, -0.2) is 25.5 Å². The van der Waals surface area contributed by atoms with Crippen molar-refractivity contribution in [2.45, 2.75) is 42.6 Å². The minimum absolute atomic E-state index is 0.113. The Morgan fingerprint density at radius 3 is 2.70 bits per heavy atom. The number of halogens is 1. The van der Waals surface area contributed by atoms with Crippen LogP contribution >= 0.6 is 0 Å². The van der Waals surface area contributed by atoms with E-state index in [1.54, 1.807) is 18.3 Å². The molecule has 0 amide bonds. The molecule has 3 nitrogen and oxygen atoms in total. The van der Waals surface area contributed by atoms with Crippen LogP contribution in [0.15, 0.2) is 30.5 Å². The lowest BCUT2D eigenvalue weighted by molar-refractivity contribution is 0.0891. The van der Waals surface area contributed by atoms with E-state index >= 15 is 0 Å². The van der Waals surface area contributed by atoms with Crippen LogP contribution in [0.5, 0.6) is 0 Å². The molecule has 0 aliphatic carbocycles. The third kappa shape index (κ3) is 2.61. The number of carbonyl (C=O) groups is 1. The fraction of sp³-hybridized carbons (Fsp3) is 0.444. The molecule has 2 atom stereocenters. The summed E-state index contributed by atoms with van der Waals surface area (Å²) in [5, 5.41) is 1.00. The molecule has 5 heteroatoms. The first-order chi connectivity index (χ1) is 11.1. The van der Waals surface area contributed by atoms with Gasteiger partial charge in [-0.15, -0.1) is 0 Å². The highest BCUT2D eigenvalue weighted by Gasteiger charge is 2.41. The minimum Gasteiger partial charge on any atom is -0.294 e. The zero-order valence-electron chi connectivity index (χ0n) is 12.7. The molecular formula is C18H18FNO2S. The van der Waals surface area contributed by atoms with E-state index in [2.05, 4.69) is 4.98 Å². The Morgan fingerprint density at radius 1 is 1.22 bits per heavy atom. The number of benzene rings is 1. The summed E-state index contributed by atoms with van der Waals surface area (Å²) in [7, 11) is -0.813.